The van der Waals surface area contributed by atoms with E-state index in [1.165, 1.54) is 17.3 Å². The Bertz CT molecular complexity index is 1270. The highest BCUT2D eigenvalue weighted by atomic mass is 79.9. The van der Waals surface area contributed by atoms with E-state index in [1.54, 1.807) is 19.2 Å². The van der Waals surface area contributed by atoms with Crippen molar-refractivity contribution in [2.75, 3.05) is 12.4 Å². The molecular formula is C26H23BrCl2N2O3S. The molecule has 4 rings (SSSR count). The monoisotopic (exact) mass is 592 g/mol. The number of hydrogen-bond donors (Lipinski definition) is 2. The number of anilines is 1. The van der Waals surface area contributed by atoms with E-state index in [1.807, 2.05) is 36.4 Å². The molecule has 1 amide bonds. The van der Waals surface area contributed by atoms with Gasteiger partial charge < -0.3 is 20.1 Å². The number of aryl methyl sites for hydroxylation is 1. The van der Waals surface area contributed by atoms with E-state index in [9.17, 15) is 4.79 Å². The van der Waals surface area contributed by atoms with Crippen molar-refractivity contribution >= 4 is 68.6 Å². The minimum Gasteiger partial charge on any atom is -0.493 e. The Morgan fingerprint density at radius 2 is 1.83 bits per heavy atom. The third kappa shape index (κ3) is 6.47. The van der Waals surface area contributed by atoms with Crippen molar-refractivity contribution in [3.05, 3.63) is 90.7 Å². The minimum absolute atomic E-state index is 0.132. The van der Waals surface area contributed by atoms with Crippen LogP contribution >= 0.6 is 50.9 Å². The van der Waals surface area contributed by atoms with Gasteiger partial charge in [0.1, 0.15) is 6.61 Å². The maximum absolute atomic E-state index is 12.6. The van der Waals surface area contributed by atoms with E-state index in [0.717, 1.165) is 23.2 Å². The summed E-state index contributed by atoms with van der Waals surface area (Å²) in [5.41, 5.74) is 3.65. The Balaban J connectivity index is 1.47. The second-order valence-electron chi connectivity index (χ2n) is 7.75. The first-order valence-corrected chi connectivity index (χ1v) is 13.3. The van der Waals surface area contributed by atoms with Gasteiger partial charge >= 0.3 is 0 Å². The van der Waals surface area contributed by atoms with E-state index >= 15 is 0 Å². The molecular weight excluding hydrogens is 571 g/mol. The van der Waals surface area contributed by atoms with Crippen molar-refractivity contribution in [1.29, 1.82) is 0 Å². The van der Waals surface area contributed by atoms with Gasteiger partial charge in [0.25, 0.3) is 5.91 Å². The average Bonchev–Trinajstić information content (AvgIpc) is 3.18. The molecule has 1 aliphatic heterocycles. The number of thioether (sulfide) groups is 1. The van der Waals surface area contributed by atoms with Crippen LogP contribution in [0.15, 0.2) is 64.0 Å². The third-order valence-corrected chi connectivity index (χ3v) is 7.66. The summed E-state index contributed by atoms with van der Waals surface area (Å²) in [5, 5.41) is 7.26. The number of hydrogen-bond acceptors (Lipinski definition) is 5. The number of carbonyl (C=O) groups excluding carboxylic acids is 1. The average molecular weight is 594 g/mol. The molecule has 35 heavy (non-hydrogen) atoms. The van der Waals surface area contributed by atoms with Crippen molar-refractivity contribution in [3.8, 4) is 11.5 Å². The van der Waals surface area contributed by atoms with Gasteiger partial charge in [0.2, 0.25) is 0 Å². The number of benzene rings is 3. The van der Waals surface area contributed by atoms with Gasteiger partial charge in [0, 0.05) is 5.69 Å². The maximum atomic E-state index is 12.6. The molecule has 0 aromatic heterocycles. The van der Waals surface area contributed by atoms with Gasteiger partial charge in [-0.3, -0.25) is 4.79 Å². The fourth-order valence-corrected chi connectivity index (χ4v) is 5.33. The zero-order chi connectivity index (χ0) is 24.9. The molecule has 1 saturated heterocycles. The van der Waals surface area contributed by atoms with Crippen molar-refractivity contribution < 1.29 is 14.3 Å². The Labute approximate surface area is 227 Å². The van der Waals surface area contributed by atoms with Gasteiger partial charge in [0.15, 0.2) is 17.0 Å². The topological polar surface area (TPSA) is 59.6 Å². The highest BCUT2D eigenvalue weighted by Gasteiger charge is 2.27. The van der Waals surface area contributed by atoms with Crippen molar-refractivity contribution in [1.82, 2.24) is 5.32 Å². The summed E-state index contributed by atoms with van der Waals surface area (Å²) in [6.45, 7) is 2.41. The van der Waals surface area contributed by atoms with Crippen LogP contribution in [0.4, 0.5) is 5.69 Å². The fourth-order valence-electron chi connectivity index (χ4n) is 3.45. The number of amides is 1. The predicted molar refractivity (Wildman–Crippen MR) is 148 cm³/mol. The van der Waals surface area contributed by atoms with Crippen LogP contribution in [-0.2, 0) is 17.8 Å². The van der Waals surface area contributed by atoms with E-state index in [4.69, 9.17) is 32.7 Å². The van der Waals surface area contributed by atoms with Crippen LogP contribution in [0.25, 0.3) is 6.08 Å². The van der Waals surface area contributed by atoms with Gasteiger partial charge in [-0.1, -0.05) is 60.1 Å². The molecule has 182 valence electrons. The molecule has 5 nitrogen and oxygen atoms in total. The maximum Gasteiger partial charge on any atom is 0.260 e. The lowest BCUT2D eigenvalue weighted by Crippen LogP contribution is -2.30. The smallest absolute Gasteiger partial charge is 0.260 e. The number of ether oxygens (including phenoxy) is 2. The molecule has 1 aliphatic rings. The molecule has 0 aliphatic carbocycles. The summed E-state index contributed by atoms with van der Waals surface area (Å²) in [6.07, 6.45) is 2.82. The molecule has 0 radical (unpaired) electrons. The molecule has 0 saturated carbocycles. The van der Waals surface area contributed by atoms with E-state index < -0.39 is 0 Å². The second-order valence-corrected chi connectivity index (χ2v) is 10.6. The van der Waals surface area contributed by atoms with Crippen molar-refractivity contribution in [2.24, 2.45) is 0 Å². The number of rotatable bonds is 8. The first kappa shape index (κ1) is 25.8. The van der Waals surface area contributed by atoms with E-state index in [-0.39, 0.29) is 18.0 Å². The number of carbonyl (C=O) groups is 1. The van der Waals surface area contributed by atoms with Crippen molar-refractivity contribution in [2.45, 2.75) is 25.4 Å². The van der Waals surface area contributed by atoms with Gasteiger partial charge in [-0.25, -0.2) is 0 Å². The zero-order valence-corrected chi connectivity index (χ0v) is 22.9. The molecule has 1 atom stereocenters. The summed E-state index contributed by atoms with van der Waals surface area (Å²) in [4.78, 5) is 13.2. The van der Waals surface area contributed by atoms with E-state index in [2.05, 4.69) is 45.6 Å². The zero-order valence-electron chi connectivity index (χ0n) is 19.0. The molecule has 9 heteroatoms. The molecule has 0 bridgehead atoms. The molecule has 3 aromatic carbocycles. The summed E-state index contributed by atoms with van der Waals surface area (Å²) in [5.74, 6) is 0.965. The molecule has 0 unspecified atom stereocenters. The van der Waals surface area contributed by atoms with Gasteiger partial charge in [0.05, 0.1) is 26.5 Å². The Morgan fingerprint density at radius 1 is 1.09 bits per heavy atom. The molecule has 0 spiro atoms. The lowest BCUT2D eigenvalue weighted by atomic mass is 10.1. The molecule has 1 heterocycles. The number of nitrogens with one attached hydrogen (secondary N) is 2. The normalized spacial score (nSPS) is 16.3. The van der Waals surface area contributed by atoms with Crippen LogP contribution in [0.3, 0.4) is 0 Å². The largest absolute Gasteiger partial charge is 0.493 e. The number of methoxy groups -OCH3 is 1. The fraction of sp³-hybridized carbons (Fsp3) is 0.192. The summed E-state index contributed by atoms with van der Waals surface area (Å²) >= 11 is 17.1. The van der Waals surface area contributed by atoms with Crippen LogP contribution in [0.5, 0.6) is 11.5 Å². The van der Waals surface area contributed by atoms with Crippen molar-refractivity contribution in [3.63, 3.8) is 0 Å². The number of halogens is 3. The van der Waals surface area contributed by atoms with Crippen LogP contribution in [0.2, 0.25) is 10.0 Å². The first-order valence-electron chi connectivity index (χ1n) is 10.8. The standard InChI is InChI=1S/C26H23BrCl2N2O3S/c1-3-15-4-7-18(8-5-15)30-26-31-25(32)23(35-26)13-17-10-19(27)24(22(12-17)33-2)34-14-16-6-9-20(28)21(29)11-16/h4-13,26,30H,3,14H2,1-2H3,(H,31,32)/b23-13-/t26-/m0/s1. The lowest BCUT2D eigenvalue weighted by Gasteiger charge is -2.14. The Morgan fingerprint density at radius 3 is 2.51 bits per heavy atom. The highest BCUT2D eigenvalue weighted by Crippen LogP contribution is 2.39. The van der Waals surface area contributed by atoms with E-state index in [0.29, 0.717) is 30.9 Å². The first-order chi connectivity index (χ1) is 16.9. The second kappa shape index (κ2) is 11.6. The molecule has 3 aromatic rings. The van der Waals surface area contributed by atoms with Gasteiger partial charge in [-0.05, 0) is 81.5 Å². The quantitative estimate of drug-likeness (QED) is 0.265. The SMILES string of the molecule is CCc1ccc(N[C@H]2NC(=O)/C(=C/c3cc(Br)c(OCc4ccc(Cl)c(Cl)c4)c(OC)c3)S2)cc1. The van der Waals surface area contributed by atoms with Gasteiger partial charge in [-0.15, -0.1) is 0 Å². The van der Waals surface area contributed by atoms with Crippen LogP contribution in [0, 0.1) is 0 Å². The third-order valence-electron chi connectivity index (χ3n) is 5.31. The Kier molecular flexibility index (Phi) is 8.55. The minimum atomic E-state index is -0.250. The summed E-state index contributed by atoms with van der Waals surface area (Å²) < 4.78 is 12.3. The highest BCUT2D eigenvalue weighted by molar-refractivity contribution is 9.10. The van der Waals surface area contributed by atoms with Crippen LogP contribution in [-0.4, -0.2) is 18.5 Å². The van der Waals surface area contributed by atoms with Crippen LogP contribution in [0.1, 0.15) is 23.6 Å². The van der Waals surface area contributed by atoms with Gasteiger partial charge in [-0.2, -0.15) is 0 Å². The van der Waals surface area contributed by atoms with Crippen LogP contribution < -0.4 is 20.1 Å². The lowest BCUT2D eigenvalue weighted by molar-refractivity contribution is -0.116. The molecule has 1 fully saturated rings. The Hall–Kier alpha value is -2.32. The summed E-state index contributed by atoms with van der Waals surface area (Å²) in [7, 11) is 1.57. The predicted octanol–water partition coefficient (Wildman–Crippen LogP) is 7.51. The summed E-state index contributed by atoms with van der Waals surface area (Å²) in [6, 6.07) is 17.3. The molecule has 2 N–H and O–H groups in total.